The Labute approximate surface area is 112 Å². The number of hydrogen-bond acceptors (Lipinski definition) is 3. The van der Waals surface area contributed by atoms with Crippen LogP contribution in [0.5, 0.6) is 0 Å². The first-order chi connectivity index (χ1) is 8.51. The summed E-state index contributed by atoms with van der Waals surface area (Å²) in [5, 5.41) is 0. The van der Waals surface area contributed by atoms with Crippen molar-refractivity contribution in [2.45, 2.75) is 64.0 Å². The van der Waals surface area contributed by atoms with Crippen molar-refractivity contribution in [3.05, 3.63) is 0 Å². The lowest BCUT2D eigenvalue weighted by atomic mass is 9.75. The second kappa shape index (κ2) is 5.48. The van der Waals surface area contributed by atoms with Gasteiger partial charge in [-0.25, -0.2) is 0 Å². The molecule has 0 spiro atoms. The highest BCUT2D eigenvalue weighted by Crippen LogP contribution is 2.39. The molecule has 0 atom stereocenters. The minimum atomic E-state index is 0.269. The average molecular weight is 254 g/mol. The van der Waals surface area contributed by atoms with Crippen molar-refractivity contribution in [3.8, 4) is 0 Å². The van der Waals surface area contributed by atoms with Crippen LogP contribution in [0.3, 0.4) is 0 Å². The summed E-state index contributed by atoms with van der Waals surface area (Å²) in [6.45, 7) is 8.04. The van der Waals surface area contributed by atoms with E-state index in [-0.39, 0.29) is 5.54 Å². The van der Waals surface area contributed by atoms with Gasteiger partial charge in [0.05, 0.1) is 6.10 Å². The lowest BCUT2D eigenvalue weighted by molar-refractivity contribution is -0.0287. The molecule has 1 aliphatic heterocycles. The quantitative estimate of drug-likeness (QED) is 0.840. The molecule has 18 heavy (non-hydrogen) atoms. The van der Waals surface area contributed by atoms with Crippen LogP contribution in [0.25, 0.3) is 0 Å². The maximum Gasteiger partial charge on any atom is 0.0572 e. The monoisotopic (exact) mass is 254 g/mol. The molecule has 0 aromatic rings. The lowest BCUT2D eigenvalue weighted by Gasteiger charge is -2.51. The van der Waals surface area contributed by atoms with Gasteiger partial charge in [0.25, 0.3) is 0 Å². The summed E-state index contributed by atoms with van der Waals surface area (Å²) >= 11 is 0. The third-order valence-corrected chi connectivity index (χ3v) is 5.36. The van der Waals surface area contributed by atoms with Crippen LogP contribution < -0.4 is 5.73 Å². The van der Waals surface area contributed by atoms with Crippen LogP contribution in [0.15, 0.2) is 0 Å². The van der Waals surface area contributed by atoms with Crippen LogP contribution in [0.2, 0.25) is 0 Å². The SMILES string of the molecule is COC1CCC(CN)(N2CCC(C)(C)CC2)CC1. The van der Waals surface area contributed by atoms with Gasteiger partial charge in [-0.15, -0.1) is 0 Å². The van der Waals surface area contributed by atoms with Crippen LogP contribution in [0, 0.1) is 5.41 Å². The smallest absolute Gasteiger partial charge is 0.0572 e. The van der Waals surface area contributed by atoms with E-state index in [2.05, 4.69) is 18.7 Å². The number of nitrogens with two attached hydrogens (primary N) is 1. The van der Waals surface area contributed by atoms with Crippen molar-refractivity contribution in [3.63, 3.8) is 0 Å². The third-order valence-electron chi connectivity index (χ3n) is 5.36. The molecule has 1 heterocycles. The molecule has 2 aliphatic rings. The Kier molecular flexibility index (Phi) is 4.35. The van der Waals surface area contributed by atoms with E-state index in [0.717, 1.165) is 6.54 Å². The molecule has 2 N–H and O–H groups in total. The first-order valence-corrected chi connectivity index (χ1v) is 7.49. The van der Waals surface area contributed by atoms with Crippen molar-refractivity contribution < 1.29 is 4.74 Å². The van der Waals surface area contributed by atoms with Crippen molar-refractivity contribution >= 4 is 0 Å². The molecule has 2 rings (SSSR count). The van der Waals surface area contributed by atoms with Crippen LogP contribution in [-0.2, 0) is 4.74 Å². The van der Waals surface area contributed by atoms with Crippen molar-refractivity contribution in [1.82, 2.24) is 4.90 Å². The Morgan fingerprint density at radius 2 is 1.67 bits per heavy atom. The van der Waals surface area contributed by atoms with E-state index in [0.29, 0.717) is 11.5 Å². The van der Waals surface area contributed by atoms with E-state index in [1.807, 2.05) is 7.11 Å². The second-order valence-electron chi connectivity index (χ2n) is 7.01. The zero-order valence-corrected chi connectivity index (χ0v) is 12.4. The highest BCUT2D eigenvalue weighted by molar-refractivity contribution is 4.98. The molecule has 1 saturated carbocycles. The number of rotatable bonds is 3. The number of piperidine rings is 1. The van der Waals surface area contributed by atoms with E-state index >= 15 is 0 Å². The van der Waals surface area contributed by atoms with Gasteiger partial charge in [-0.2, -0.15) is 0 Å². The van der Waals surface area contributed by atoms with Gasteiger partial charge in [0.15, 0.2) is 0 Å². The molecule has 0 radical (unpaired) electrons. The summed E-state index contributed by atoms with van der Waals surface area (Å²) in [4.78, 5) is 2.68. The van der Waals surface area contributed by atoms with Crippen LogP contribution >= 0.6 is 0 Å². The number of methoxy groups -OCH3 is 1. The molecular formula is C15H30N2O. The molecule has 0 aromatic heterocycles. The van der Waals surface area contributed by atoms with Crippen molar-refractivity contribution in [2.75, 3.05) is 26.7 Å². The molecule has 0 unspecified atom stereocenters. The third kappa shape index (κ3) is 2.89. The topological polar surface area (TPSA) is 38.5 Å². The molecule has 2 fully saturated rings. The van der Waals surface area contributed by atoms with Gasteiger partial charge in [-0.1, -0.05) is 13.8 Å². The molecular weight excluding hydrogens is 224 g/mol. The number of ether oxygens (including phenoxy) is 1. The molecule has 0 bridgehead atoms. The predicted molar refractivity (Wildman–Crippen MR) is 75.6 cm³/mol. The van der Waals surface area contributed by atoms with Gasteiger partial charge < -0.3 is 10.5 Å². The van der Waals surface area contributed by atoms with Crippen LogP contribution in [0.1, 0.15) is 52.4 Å². The second-order valence-corrected chi connectivity index (χ2v) is 7.01. The Balaban J connectivity index is 1.97. The normalized spacial score (nSPS) is 37.7. The minimum Gasteiger partial charge on any atom is -0.381 e. The van der Waals surface area contributed by atoms with Gasteiger partial charge in [0.2, 0.25) is 0 Å². The average Bonchev–Trinajstić information content (AvgIpc) is 2.39. The van der Waals surface area contributed by atoms with Crippen molar-refractivity contribution in [1.29, 1.82) is 0 Å². The maximum atomic E-state index is 6.14. The predicted octanol–water partition coefficient (Wildman–Crippen LogP) is 2.39. The van der Waals surface area contributed by atoms with Gasteiger partial charge in [0.1, 0.15) is 0 Å². The molecule has 1 saturated heterocycles. The largest absolute Gasteiger partial charge is 0.381 e. The molecule has 106 valence electrons. The highest BCUT2D eigenvalue weighted by atomic mass is 16.5. The fourth-order valence-corrected chi connectivity index (χ4v) is 3.60. The van der Waals surface area contributed by atoms with Crippen LogP contribution in [0.4, 0.5) is 0 Å². The molecule has 0 aromatic carbocycles. The fraction of sp³-hybridized carbons (Fsp3) is 1.00. The Hall–Kier alpha value is -0.120. The number of hydrogen-bond donors (Lipinski definition) is 1. The summed E-state index contributed by atoms with van der Waals surface area (Å²) in [5.74, 6) is 0. The van der Waals surface area contributed by atoms with E-state index in [4.69, 9.17) is 10.5 Å². The standard InChI is InChI=1S/C15H30N2O/c1-14(2)8-10-17(11-9-14)15(12-16)6-4-13(18-3)5-7-15/h13H,4-12,16H2,1-3H3. The maximum absolute atomic E-state index is 6.14. The van der Waals surface area contributed by atoms with Gasteiger partial charge >= 0.3 is 0 Å². The zero-order valence-electron chi connectivity index (χ0n) is 12.4. The lowest BCUT2D eigenvalue weighted by Crippen LogP contribution is -2.59. The summed E-state index contributed by atoms with van der Waals surface area (Å²) in [6.07, 6.45) is 7.85. The van der Waals surface area contributed by atoms with Gasteiger partial charge in [0, 0.05) is 19.2 Å². The first kappa shape index (κ1) is 14.3. The Bertz CT molecular complexity index is 260. The zero-order chi connectivity index (χ0) is 13.2. The fourth-order valence-electron chi connectivity index (χ4n) is 3.60. The minimum absolute atomic E-state index is 0.269. The summed E-state index contributed by atoms with van der Waals surface area (Å²) in [5.41, 5.74) is 6.93. The van der Waals surface area contributed by atoms with E-state index in [1.165, 1.54) is 51.6 Å². The Morgan fingerprint density at radius 3 is 2.11 bits per heavy atom. The summed E-state index contributed by atoms with van der Waals surface area (Å²) < 4.78 is 5.49. The Morgan fingerprint density at radius 1 is 1.11 bits per heavy atom. The van der Waals surface area contributed by atoms with Crippen LogP contribution in [-0.4, -0.2) is 43.3 Å². The van der Waals surface area contributed by atoms with Crippen molar-refractivity contribution in [2.24, 2.45) is 11.1 Å². The van der Waals surface area contributed by atoms with E-state index in [9.17, 15) is 0 Å². The molecule has 1 aliphatic carbocycles. The summed E-state index contributed by atoms with van der Waals surface area (Å²) in [7, 11) is 1.84. The first-order valence-electron chi connectivity index (χ1n) is 7.49. The van der Waals surface area contributed by atoms with Gasteiger partial charge in [-0.05, 0) is 57.0 Å². The highest BCUT2D eigenvalue weighted by Gasteiger charge is 2.41. The van der Waals surface area contributed by atoms with Gasteiger partial charge in [-0.3, -0.25) is 4.90 Å². The number of likely N-dealkylation sites (tertiary alicyclic amines) is 1. The number of nitrogens with zero attached hydrogens (tertiary/aromatic N) is 1. The summed E-state index contributed by atoms with van der Waals surface area (Å²) in [6, 6.07) is 0. The van der Waals surface area contributed by atoms with E-state index < -0.39 is 0 Å². The molecule has 3 heteroatoms. The molecule has 0 amide bonds. The molecule has 3 nitrogen and oxygen atoms in total. The van der Waals surface area contributed by atoms with E-state index in [1.54, 1.807) is 0 Å².